The van der Waals surface area contributed by atoms with Crippen molar-refractivity contribution in [1.29, 1.82) is 0 Å². The van der Waals surface area contributed by atoms with E-state index in [9.17, 15) is 10.2 Å². The normalized spacial score (nSPS) is 42.9. The van der Waals surface area contributed by atoms with Crippen molar-refractivity contribution in [2.75, 3.05) is 0 Å². The third kappa shape index (κ3) is 3.70. The molecule has 0 spiro atoms. The van der Waals surface area contributed by atoms with Crippen LogP contribution < -0.4 is 0 Å². The van der Waals surface area contributed by atoms with Crippen molar-refractivity contribution in [3.63, 3.8) is 0 Å². The highest BCUT2D eigenvalue weighted by Gasteiger charge is 2.61. The van der Waals surface area contributed by atoms with Crippen molar-refractivity contribution in [3.8, 4) is 0 Å². The number of allylic oxidation sites excluding steroid dienone is 1. The van der Waals surface area contributed by atoms with Gasteiger partial charge in [0.25, 0.3) is 0 Å². The second kappa shape index (κ2) is 8.27. The molecule has 8 atom stereocenters. The zero-order valence-electron chi connectivity index (χ0n) is 20.5. The van der Waals surface area contributed by atoms with Crippen LogP contribution >= 0.6 is 0 Å². The lowest BCUT2D eigenvalue weighted by molar-refractivity contribution is -0.105. The zero-order chi connectivity index (χ0) is 22.6. The predicted octanol–water partition coefficient (Wildman–Crippen LogP) is 6.70. The van der Waals surface area contributed by atoms with Gasteiger partial charge in [-0.15, -0.1) is 0 Å². The van der Waals surface area contributed by atoms with E-state index in [0.29, 0.717) is 11.3 Å². The standard InChI is InChI=1S/C30H44O2/c1-28-18-15-23(31)20-22(28)11-12-24-25-13-14-27(29(25,2)19-16-26(24)28)30(3,32)17-7-10-21-8-5-4-6-9-21/h4-6,8-9,11,23-27,31-32H,7,10,12-20H2,1-3H3/t23?,24?,25?,26?,27?,28?,29?,30-/m0/s1. The number of benzene rings is 1. The van der Waals surface area contributed by atoms with Crippen molar-refractivity contribution in [2.24, 2.45) is 34.5 Å². The lowest BCUT2D eigenvalue weighted by Crippen LogP contribution is -2.53. The molecule has 1 aromatic rings. The largest absolute Gasteiger partial charge is 0.393 e. The third-order valence-corrected chi connectivity index (χ3v) is 10.8. The zero-order valence-corrected chi connectivity index (χ0v) is 20.5. The maximum absolute atomic E-state index is 11.7. The molecule has 1 aromatic carbocycles. The monoisotopic (exact) mass is 436 g/mol. The van der Waals surface area contributed by atoms with Crippen LogP contribution in [-0.4, -0.2) is 21.9 Å². The van der Waals surface area contributed by atoms with E-state index in [1.807, 2.05) is 0 Å². The van der Waals surface area contributed by atoms with E-state index < -0.39 is 5.60 Å². The van der Waals surface area contributed by atoms with Crippen LogP contribution in [-0.2, 0) is 6.42 Å². The van der Waals surface area contributed by atoms with Crippen molar-refractivity contribution in [1.82, 2.24) is 0 Å². The molecule has 0 amide bonds. The Bertz CT molecular complexity index is 842. The lowest BCUT2D eigenvalue weighted by atomic mass is 9.46. The highest BCUT2D eigenvalue weighted by molar-refractivity contribution is 5.25. The van der Waals surface area contributed by atoms with Gasteiger partial charge in [0.05, 0.1) is 11.7 Å². The van der Waals surface area contributed by atoms with Gasteiger partial charge >= 0.3 is 0 Å². The lowest BCUT2D eigenvalue weighted by Gasteiger charge is -2.59. The molecule has 0 bridgehead atoms. The van der Waals surface area contributed by atoms with Crippen LogP contribution in [0.3, 0.4) is 0 Å². The first kappa shape index (κ1) is 22.7. The molecular weight excluding hydrogens is 392 g/mol. The first-order chi connectivity index (χ1) is 15.2. The molecule has 0 radical (unpaired) electrons. The molecule has 176 valence electrons. The second-order valence-corrected chi connectivity index (χ2v) is 12.5. The van der Waals surface area contributed by atoms with Crippen LogP contribution in [0.5, 0.6) is 0 Å². The van der Waals surface area contributed by atoms with E-state index in [2.05, 4.69) is 57.2 Å². The topological polar surface area (TPSA) is 40.5 Å². The summed E-state index contributed by atoms with van der Waals surface area (Å²) in [6.45, 7) is 7.19. The smallest absolute Gasteiger partial charge is 0.0653 e. The van der Waals surface area contributed by atoms with E-state index in [1.54, 1.807) is 5.57 Å². The first-order valence-corrected chi connectivity index (χ1v) is 13.4. The maximum Gasteiger partial charge on any atom is 0.0653 e. The van der Waals surface area contributed by atoms with Gasteiger partial charge in [-0.05, 0) is 118 Å². The number of aryl methyl sites for hydroxylation is 1. The van der Waals surface area contributed by atoms with Crippen LogP contribution in [0.2, 0.25) is 0 Å². The second-order valence-electron chi connectivity index (χ2n) is 12.5. The van der Waals surface area contributed by atoms with Crippen LogP contribution in [0.1, 0.15) is 90.5 Å². The molecule has 4 aliphatic carbocycles. The van der Waals surface area contributed by atoms with Crippen LogP contribution in [0.25, 0.3) is 0 Å². The predicted molar refractivity (Wildman–Crippen MR) is 131 cm³/mol. The maximum atomic E-state index is 11.7. The fraction of sp³-hybridized carbons (Fsp3) is 0.733. The van der Waals surface area contributed by atoms with Gasteiger partial charge in [0, 0.05) is 0 Å². The van der Waals surface area contributed by atoms with Crippen LogP contribution in [0.4, 0.5) is 0 Å². The Labute approximate surface area is 195 Å². The summed E-state index contributed by atoms with van der Waals surface area (Å²) >= 11 is 0. The average Bonchev–Trinajstić information content (AvgIpc) is 3.13. The molecule has 0 aliphatic heterocycles. The minimum atomic E-state index is -0.570. The molecule has 2 nitrogen and oxygen atoms in total. The molecule has 3 saturated carbocycles. The average molecular weight is 437 g/mol. The van der Waals surface area contributed by atoms with Crippen molar-refractivity contribution in [3.05, 3.63) is 47.5 Å². The molecule has 7 unspecified atom stereocenters. The summed E-state index contributed by atoms with van der Waals surface area (Å²) in [6.07, 6.45) is 14.7. The molecule has 4 aliphatic rings. The van der Waals surface area contributed by atoms with Gasteiger partial charge in [0.15, 0.2) is 0 Å². The van der Waals surface area contributed by atoms with E-state index in [4.69, 9.17) is 0 Å². The van der Waals surface area contributed by atoms with Gasteiger partial charge in [-0.2, -0.15) is 0 Å². The molecule has 3 fully saturated rings. The van der Waals surface area contributed by atoms with Crippen molar-refractivity contribution < 1.29 is 10.2 Å². The molecule has 0 heterocycles. The fourth-order valence-corrected chi connectivity index (χ4v) is 9.13. The molecule has 5 rings (SSSR count). The fourth-order valence-electron chi connectivity index (χ4n) is 9.13. The van der Waals surface area contributed by atoms with Gasteiger partial charge in [-0.25, -0.2) is 0 Å². The number of hydrogen-bond acceptors (Lipinski definition) is 2. The highest BCUT2D eigenvalue weighted by atomic mass is 16.3. The number of fused-ring (bicyclic) bond motifs is 5. The highest BCUT2D eigenvalue weighted by Crippen LogP contribution is 2.67. The Kier molecular flexibility index (Phi) is 5.86. The molecule has 0 saturated heterocycles. The molecule has 2 heteroatoms. The number of rotatable bonds is 5. The quantitative estimate of drug-likeness (QED) is 0.504. The third-order valence-electron chi connectivity index (χ3n) is 10.8. The van der Waals surface area contributed by atoms with E-state index >= 15 is 0 Å². The van der Waals surface area contributed by atoms with Crippen molar-refractivity contribution >= 4 is 0 Å². The van der Waals surface area contributed by atoms with Crippen LogP contribution in [0, 0.1) is 34.5 Å². The Balaban J connectivity index is 1.30. The Morgan fingerprint density at radius 2 is 1.78 bits per heavy atom. The minimum absolute atomic E-state index is 0.124. The SMILES string of the molecule is CC12CCC(O)CC1=CCC1C2CCC2(C)C1CCC2[C@@](C)(O)CCCc1ccccc1. The summed E-state index contributed by atoms with van der Waals surface area (Å²) in [7, 11) is 0. The molecule has 32 heavy (non-hydrogen) atoms. The van der Waals surface area contributed by atoms with E-state index in [-0.39, 0.29) is 11.5 Å². The minimum Gasteiger partial charge on any atom is -0.393 e. The van der Waals surface area contributed by atoms with Gasteiger partial charge in [-0.1, -0.05) is 55.8 Å². The first-order valence-electron chi connectivity index (χ1n) is 13.4. The van der Waals surface area contributed by atoms with E-state index in [0.717, 1.165) is 56.3 Å². The Morgan fingerprint density at radius 1 is 1.00 bits per heavy atom. The molecule has 2 N–H and O–H groups in total. The summed E-state index contributed by atoms with van der Waals surface area (Å²) in [5, 5.41) is 22.0. The summed E-state index contributed by atoms with van der Waals surface area (Å²) < 4.78 is 0. The van der Waals surface area contributed by atoms with Gasteiger partial charge < -0.3 is 10.2 Å². The van der Waals surface area contributed by atoms with Gasteiger partial charge in [-0.3, -0.25) is 0 Å². The molecule has 0 aromatic heterocycles. The van der Waals surface area contributed by atoms with Crippen molar-refractivity contribution in [2.45, 2.75) is 103 Å². The number of aliphatic hydroxyl groups is 2. The van der Waals surface area contributed by atoms with Gasteiger partial charge in [0.1, 0.15) is 0 Å². The Morgan fingerprint density at radius 3 is 2.56 bits per heavy atom. The summed E-state index contributed by atoms with van der Waals surface area (Å²) in [5.74, 6) is 2.70. The van der Waals surface area contributed by atoms with E-state index in [1.165, 1.54) is 37.7 Å². The Hall–Kier alpha value is -1.12. The summed E-state index contributed by atoms with van der Waals surface area (Å²) in [6, 6.07) is 10.7. The van der Waals surface area contributed by atoms with Crippen LogP contribution in [0.15, 0.2) is 42.0 Å². The number of hydrogen-bond donors (Lipinski definition) is 2. The summed E-state index contributed by atoms with van der Waals surface area (Å²) in [5.41, 5.74) is 2.95. The number of aliphatic hydroxyl groups excluding tert-OH is 1. The summed E-state index contributed by atoms with van der Waals surface area (Å²) in [4.78, 5) is 0. The van der Waals surface area contributed by atoms with Gasteiger partial charge in [0.2, 0.25) is 0 Å². The molecular formula is C30H44O2.